The molecule has 0 radical (unpaired) electrons. The lowest BCUT2D eigenvalue weighted by Crippen LogP contribution is -2.20. The minimum absolute atomic E-state index is 0.935. The summed E-state index contributed by atoms with van der Waals surface area (Å²) in [5.41, 5.74) is 4.95. The number of aryl methyl sites for hydroxylation is 1. The molecule has 3 rings (SSSR count). The average molecular weight is 293 g/mol. The highest BCUT2D eigenvalue weighted by atomic mass is 14.9. The third kappa shape index (κ3) is 3.74. The molecule has 0 amide bonds. The van der Waals surface area contributed by atoms with E-state index in [0.29, 0.717) is 0 Å². The molecule has 0 spiro atoms. The summed E-state index contributed by atoms with van der Waals surface area (Å²) in [6, 6.07) is 17.1. The van der Waals surface area contributed by atoms with Crippen molar-refractivity contribution >= 4 is 11.0 Å². The van der Waals surface area contributed by atoms with Gasteiger partial charge in [0.2, 0.25) is 0 Å². The van der Waals surface area contributed by atoms with Crippen molar-refractivity contribution in [3.05, 3.63) is 65.5 Å². The Hall–Kier alpha value is -2.13. The van der Waals surface area contributed by atoms with Crippen molar-refractivity contribution in [2.75, 3.05) is 13.1 Å². The number of aromatic nitrogens is 2. The van der Waals surface area contributed by atoms with E-state index < -0.39 is 0 Å². The molecule has 2 N–H and O–H groups in total. The summed E-state index contributed by atoms with van der Waals surface area (Å²) in [6.07, 6.45) is 3.07. The Morgan fingerprint density at radius 3 is 2.59 bits per heavy atom. The SMILES string of the molecule is CCc1ccc2nc(CCNCCc3ccccc3)[nH]c2c1. The molecule has 0 bridgehead atoms. The van der Waals surface area contributed by atoms with Gasteiger partial charge in [-0.15, -0.1) is 0 Å². The highest BCUT2D eigenvalue weighted by molar-refractivity contribution is 5.75. The van der Waals surface area contributed by atoms with Crippen molar-refractivity contribution in [2.24, 2.45) is 0 Å². The minimum Gasteiger partial charge on any atom is -0.342 e. The van der Waals surface area contributed by atoms with E-state index in [1.54, 1.807) is 0 Å². The number of hydrogen-bond acceptors (Lipinski definition) is 2. The highest BCUT2D eigenvalue weighted by Crippen LogP contribution is 2.14. The van der Waals surface area contributed by atoms with Crippen molar-refractivity contribution in [3.8, 4) is 0 Å². The summed E-state index contributed by atoms with van der Waals surface area (Å²) >= 11 is 0. The van der Waals surface area contributed by atoms with Crippen LogP contribution in [0.5, 0.6) is 0 Å². The average Bonchev–Trinajstić information content (AvgIpc) is 2.97. The molecule has 3 nitrogen and oxygen atoms in total. The van der Waals surface area contributed by atoms with Gasteiger partial charge in [0.25, 0.3) is 0 Å². The van der Waals surface area contributed by atoms with Crippen LogP contribution in [0.2, 0.25) is 0 Å². The molecule has 3 aromatic rings. The van der Waals surface area contributed by atoms with E-state index in [4.69, 9.17) is 0 Å². The van der Waals surface area contributed by atoms with Crippen LogP contribution in [0.25, 0.3) is 11.0 Å². The van der Waals surface area contributed by atoms with E-state index in [-0.39, 0.29) is 0 Å². The maximum Gasteiger partial charge on any atom is 0.108 e. The fraction of sp³-hybridized carbons (Fsp3) is 0.316. The Bertz CT molecular complexity index is 716. The van der Waals surface area contributed by atoms with Crippen LogP contribution >= 0.6 is 0 Å². The van der Waals surface area contributed by atoms with Crippen LogP contribution in [0.3, 0.4) is 0 Å². The summed E-state index contributed by atoms with van der Waals surface area (Å²) in [5.74, 6) is 1.07. The lowest BCUT2D eigenvalue weighted by atomic mass is 10.1. The maximum absolute atomic E-state index is 4.65. The second kappa shape index (κ2) is 7.23. The summed E-state index contributed by atoms with van der Waals surface area (Å²) in [4.78, 5) is 8.08. The van der Waals surface area contributed by atoms with Gasteiger partial charge in [-0.2, -0.15) is 0 Å². The summed E-state index contributed by atoms with van der Waals surface area (Å²) in [5, 5.41) is 3.49. The summed E-state index contributed by atoms with van der Waals surface area (Å²) in [7, 11) is 0. The first-order valence-corrected chi connectivity index (χ1v) is 8.07. The number of nitrogens with one attached hydrogen (secondary N) is 2. The van der Waals surface area contributed by atoms with Gasteiger partial charge >= 0.3 is 0 Å². The van der Waals surface area contributed by atoms with Gasteiger partial charge < -0.3 is 10.3 Å². The number of rotatable bonds is 7. The van der Waals surface area contributed by atoms with E-state index in [1.165, 1.54) is 11.1 Å². The molecule has 0 aliphatic rings. The molecule has 1 aromatic heterocycles. The molecule has 0 saturated carbocycles. The van der Waals surface area contributed by atoms with Gasteiger partial charge in [0.05, 0.1) is 11.0 Å². The lowest BCUT2D eigenvalue weighted by molar-refractivity contribution is 0.671. The first-order chi connectivity index (χ1) is 10.8. The molecule has 1 heterocycles. The normalized spacial score (nSPS) is 11.1. The Labute approximate surface area is 131 Å². The van der Waals surface area contributed by atoms with Gasteiger partial charge in [-0.25, -0.2) is 4.98 Å². The van der Waals surface area contributed by atoms with Gasteiger partial charge in [0, 0.05) is 13.0 Å². The number of benzene rings is 2. The summed E-state index contributed by atoms with van der Waals surface area (Å²) in [6.45, 7) is 4.13. The van der Waals surface area contributed by atoms with Crippen LogP contribution in [0, 0.1) is 0 Å². The second-order valence-corrected chi connectivity index (χ2v) is 5.62. The number of hydrogen-bond donors (Lipinski definition) is 2. The Balaban J connectivity index is 1.47. The Morgan fingerprint density at radius 1 is 0.955 bits per heavy atom. The molecular formula is C19H23N3. The van der Waals surface area contributed by atoms with Gasteiger partial charge in [-0.05, 0) is 42.6 Å². The number of nitrogens with zero attached hydrogens (tertiary/aromatic N) is 1. The maximum atomic E-state index is 4.65. The largest absolute Gasteiger partial charge is 0.342 e. The lowest BCUT2D eigenvalue weighted by Gasteiger charge is -2.03. The van der Waals surface area contributed by atoms with Crippen molar-refractivity contribution < 1.29 is 0 Å². The number of H-pyrrole nitrogens is 1. The molecule has 0 atom stereocenters. The van der Waals surface area contributed by atoms with E-state index in [0.717, 1.165) is 49.2 Å². The van der Waals surface area contributed by atoms with Crippen molar-refractivity contribution in [1.29, 1.82) is 0 Å². The zero-order chi connectivity index (χ0) is 15.2. The number of fused-ring (bicyclic) bond motifs is 1. The highest BCUT2D eigenvalue weighted by Gasteiger charge is 2.03. The van der Waals surface area contributed by atoms with Gasteiger partial charge in [-0.1, -0.05) is 43.3 Å². The van der Waals surface area contributed by atoms with E-state index >= 15 is 0 Å². The van der Waals surface area contributed by atoms with Crippen molar-refractivity contribution in [3.63, 3.8) is 0 Å². The van der Waals surface area contributed by atoms with Crippen LogP contribution in [0.15, 0.2) is 48.5 Å². The predicted molar refractivity (Wildman–Crippen MR) is 92.2 cm³/mol. The van der Waals surface area contributed by atoms with Crippen molar-refractivity contribution in [1.82, 2.24) is 15.3 Å². The fourth-order valence-corrected chi connectivity index (χ4v) is 2.66. The molecule has 0 aliphatic heterocycles. The molecule has 0 fully saturated rings. The smallest absolute Gasteiger partial charge is 0.108 e. The van der Waals surface area contributed by atoms with E-state index in [1.807, 2.05) is 0 Å². The second-order valence-electron chi connectivity index (χ2n) is 5.62. The molecule has 3 heteroatoms. The standard InChI is InChI=1S/C19H23N3/c1-2-15-8-9-17-18(14-15)22-19(21-17)11-13-20-12-10-16-6-4-3-5-7-16/h3-9,14,20H,2,10-13H2,1H3,(H,21,22). The van der Waals surface area contributed by atoms with Crippen LogP contribution in [0.1, 0.15) is 23.9 Å². The third-order valence-corrected chi connectivity index (χ3v) is 3.98. The fourth-order valence-electron chi connectivity index (χ4n) is 2.66. The number of imidazole rings is 1. The van der Waals surface area contributed by atoms with Crippen LogP contribution in [0.4, 0.5) is 0 Å². The first kappa shape index (κ1) is 14.8. The van der Waals surface area contributed by atoms with Crippen LogP contribution in [-0.4, -0.2) is 23.1 Å². The zero-order valence-corrected chi connectivity index (χ0v) is 13.1. The molecule has 114 valence electrons. The summed E-state index contributed by atoms with van der Waals surface area (Å²) < 4.78 is 0. The minimum atomic E-state index is 0.935. The number of aromatic amines is 1. The first-order valence-electron chi connectivity index (χ1n) is 8.07. The Morgan fingerprint density at radius 2 is 1.77 bits per heavy atom. The van der Waals surface area contributed by atoms with E-state index in [9.17, 15) is 0 Å². The molecule has 2 aromatic carbocycles. The zero-order valence-electron chi connectivity index (χ0n) is 13.1. The van der Waals surface area contributed by atoms with E-state index in [2.05, 4.69) is 70.7 Å². The van der Waals surface area contributed by atoms with Crippen LogP contribution in [-0.2, 0) is 19.3 Å². The van der Waals surface area contributed by atoms with Gasteiger partial charge in [0.15, 0.2) is 0 Å². The van der Waals surface area contributed by atoms with Gasteiger partial charge in [-0.3, -0.25) is 0 Å². The molecule has 22 heavy (non-hydrogen) atoms. The van der Waals surface area contributed by atoms with Crippen LogP contribution < -0.4 is 5.32 Å². The topological polar surface area (TPSA) is 40.7 Å². The van der Waals surface area contributed by atoms with Crippen molar-refractivity contribution in [2.45, 2.75) is 26.2 Å². The monoisotopic (exact) mass is 293 g/mol. The molecule has 0 aliphatic carbocycles. The quantitative estimate of drug-likeness (QED) is 0.655. The molecule has 0 unspecified atom stereocenters. The predicted octanol–water partition coefficient (Wildman–Crippen LogP) is 3.50. The molecular weight excluding hydrogens is 270 g/mol. The Kier molecular flexibility index (Phi) is 4.86. The van der Waals surface area contributed by atoms with Gasteiger partial charge in [0.1, 0.15) is 5.82 Å². The third-order valence-electron chi connectivity index (χ3n) is 3.98. The molecule has 0 saturated heterocycles.